The highest BCUT2D eigenvalue weighted by atomic mass is 19.1. The van der Waals surface area contributed by atoms with Crippen molar-refractivity contribution in [3.63, 3.8) is 0 Å². The van der Waals surface area contributed by atoms with Crippen LogP contribution in [0, 0.1) is 26.6 Å². The molecule has 1 aromatic heterocycles. The second-order valence-corrected chi connectivity index (χ2v) is 5.65. The van der Waals surface area contributed by atoms with Crippen LogP contribution in [-0.4, -0.2) is 20.2 Å². The summed E-state index contributed by atoms with van der Waals surface area (Å²) >= 11 is 0. The van der Waals surface area contributed by atoms with Crippen molar-refractivity contribution in [2.24, 2.45) is 0 Å². The molecule has 0 atom stereocenters. The van der Waals surface area contributed by atoms with Crippen LogP contribution in [-0.2, 0) is 6.61 Å². The number of nitrogens with one attached hydrogen (secondary N) is 1. The Morgan fingerprint density at radius 3 is 2.67 bits per heavy atom. The molecule has 0 saturated carbocycles. The number of aromatic nitrogens is 4. The summed E-state index contributed by atoms with van der Waals surface area (Å²) in [7, 11) is 0. The normalized spacial score (nSPS) is 10.8. The molecular weight excluding hydrogens is 311 g/mol. The van der Waals surface area contributed by atoms with Gasteiger partial charge in [0.2, 0.25) is 0 Å². The Morgan fingerprint density at radius 2 is 1.96 bits per heavy atom. The summed E-state index contributed by atoms with van der Waals surface area (Å²) in [6.07, 6.45) is 0. The molecule has 0 aliphatic carbocycles. The van der Waals surface area contributed by atoms with Crippen molar-refractivity contribution < 1.29 is 9.13 Å². The van der Waals surface area contributed by atoms with Crippen molar-refractivity contribution in [2.75, 3.05) is 0 Å². The molecule has 0 amide bonds. The van der Waals surface area contributed by atoms with Crippen molar-refractivity contribution in [3.8, 4) is 11.4 Å². The number of aromatic amines is 1. The van der Waals surface area contributed by atoms with E-state index in [2.05, 4.69) is 15.5 Å². The van der Waals surface area contributed by atoms with Crippen molar-refractivity contribution >= 4 is 0 Å². The van der Waals surface area contributed by atoms with E-state index < -0.39 is 5.69 Å². The van der Waals surface area contributed by atoms with Gasteiger partial charge in [0.15, 0.2) is 0 Å². The van der Waals surface area contributed by atoms with Crippen molar-refractivity contribution in [1.82, 2.24) is 20.2 Å². The molecule has 0 unspecified atom stereocenters. The number of tetrazole rings is 1. The number of hydrogen-bond acceptors (Lipinski definition) is 4. The first-order valence-electron chi connectivity index (χ1n) is 7.46. The van der Waals surface area contributed by atoms with Gasteiger partial charge in [0.05, 0.1) is 5.69 Å². The third-order valence-corrected chi connectivity index (χ3v) is 3.91. The minimum absolute atomic E-state index is 0.185. The number of hydrogen-bond donors (Lipinski definition) is 1. The standard InChI is InChI=1S/C17H17FN4O2/c1-10-5-4-6-15(22-17(23)19-20-21-22)13(10)9-24-16-8-14(18)11(2)7-12(16)3/h4-8H,9H2,1-3H3,(H,19,21,23). The van der Waals surface area contributed by atoms with Crippen LogP contribution in [0.3, 0.4) is 0 Å². The van der Waals surface area contributed by atoms with Gasteiger partial charge in [0.1, 0.15) is 18.2 Å². The Morgan fingerprint density at radius 1 is 1.17 bits per heavy atom. The van der Waals surface area contributed by atoms with Crippen molar-refractivity contribution in [1.29, 1.82) is 0 Å². The van der Waals surface area contributed by atoms with Gasteiger partial charge in [-0.3, -0.25) is 0 Å². The maximum atomic E-state index is 13.8. The molecule has 1 N–H and O–H groups in total. The zero-order chi connectivity index (χ0) is 17.3. The van der Waals surface area contributed by atoms with E-state index in [1.807, 2.05) is 26.0 Å². The number of H-pyrrole nitrogens is 1. The SMILES string of the molecule is Cc1cc(C)c(OCc2c(C)cccc2-n2nn[nH]c2=O)cc1F. The third-order valence-electron chi connectivity index (χ3n) is 3.91. The summed E-state index contributed by atoms with van der Waals surface area (Å²) in [4.78, 5) is 11.8. The Labute approximate surface area is 137 Å². The van der Waals surface area contributed by atoms with Crippen molar-refractivity contribution in [2.45, 2.75) is 27.4 Å². The molecule has 3 aromatic rings. The van der Waals surface area contributed by atoms with Gasteiger partial charge in [-0.05, 0) is 60.0 Å². The molecule has 7 heteroatoms. The first kappa shape index (κ1) is 15.9. The molecule has 0 aliphatic heterocycles. The van der Waals surface area contributed by atoms with Crippen LogP contribution < -0.4 is 10.4 Å². The molecule has 0 aliphatic rings. The molecule has 0 bridgehead atoms. The van der Waals surface area contributed by atoms with Gasteiger partial charge in [0.25, 0.3) is 0 Å². The van der Waals surface area contributed by atoms with E-state index in [0.29, 0.717) is 17.0 Å². The smallest absolute Gasteiger partial charge is 0.365 e. The van der Waals surface area contributed by atoms with Gasteiger partial charge in [-0.15, -0.1) is 0 Å². The van der Waals surface area contributed by atoms with Crippen LogP contribution in [0.25, 0.3) is 5.69 Å². The molecule has 0 fully saturated rings. The lowest BCUT2D eigenvalue weighted by Crippen LogP contribution is -2.18. The highest BCUT2D eigenvalue weighted by molar-refractivity contribution is 5.45. The monoisotopic (exact) mass is 328 g/mol. The molecule has 1 heterocycles. The number of benzene rings is 2. The largest absolute Gasteiger partial charge is 0.488 e. The first-order chi connectivity index (χ1) is 11.5. The summed E-state index contributed by atoms with van der Waals surface area (Å²) in [5.74, 6) is 0.160. The number of ether oxygens (including phenoxy) is 1. The summed E-state index contributed by atoms with van der Waals surface area (Å²) < 4.78 is 20.8. The van der Waals surface area contributed by atoms with Gasteiger partial charge < -0.3 is 4.74 Å². The quantitative estimate of drug-likeness (QED) is 0.799. The van der Waals surface area contributed by atoms with E-state index in [-0.39, 0.29) is 12.4 Å². The fourth-order valence-electron chi connectivity index (χ4n) is 2.54. The minimum atomic E-state index is -0.431. The van der Waals surface area contributed by atoms with Gasteiger partial charge >= 0.3 is 5.69 Å². The summed E-state index contributed by atoms with van der Waals surface area (Å²) in [5, 5.41) is 9.54. The van der Waals surface area contributed by atoms with Gasteiger partial charge in [-0.2, -0.15) is 4.68 Å². The molecule has 124 valence electrons. The fraction of sp³-hybridized carbons (Fsp3) is 0.235. The van der Waals surface area contributed by atoms with E-state index in [9.17, 15) is 9.18 Å². The van der Waals surface area contributed by atoms with Gasteiger partial charge in [-0.25, -0.2) is 14.3 Å². The highest BCUT2D eigenvalue weighted by Crippen LogP contribution is 2.25. The third kappa shape index (κ3) is 2.92. The van der Waals surface area contributed by atoms with Crippen LogP contribution in [0.2, 0.25) is 0 Å². The maximum absolute atomic E-state index is 13.8. The Bertz CT molecular complexity index is 946. The molecule has 0 spiro atoms. The Hall–Kier alpha value is -2.96. The van der Waals surface area contributed by atoms with Crippen LogP contribution in [0.4, 0.5) is 4.39 Å². The first-order valence-corrected chi connectivity index (χ1v) is 7.46. The molecule has 6 nitrogen and oxygen atoms in total. The number of nitrogens with zero attached hydrogens (tertiary/aromatic N) is 3. The zero-order valence-corrected chi connectivity index (χ0v) is 13.6. The average Bonchev–Trinajstić information content (AvgIpc) is 2.96. The number of aryl methyl sites for hydroxylation is 3. The highest BCUT2D eigenvalue weighted by Gasteiger charge is 2.13. The van der Waals surface area contributed by atoms with E-state index >= 15 is 0 Å². The minimum Gasteiger partial charge on any atom is -0.488 e. The van der Waals surface area contributed by atoms with Gasteiger partial charge in [0, 0.05) is 11.6 Å². The summed E-state index contributed by atoms with van der Waals surface area (Å²) in [6.45, 7) is 5.67. The number of halogens is 1. The lowest BCUT2D eigenvalue weighted by atomic mass is 10.1. The predicted molar refractivity (Wildman–Crippen MR) is 86.9 cm³/mol. The van der Waals surface area contributed by atoms with Crippen LogP contribution >= 0.6 is 0 Å². The second kappa shape index (κ2) is 6.27. The molecule has 0 radical (unpaired) electrons. The topological polar surface area (TPSA) is 72.8 Å². The lowest BCUT2D eigenvalue weighted by molar-refractivity contribution is 0.301. The van der Waals surface area contributed by atoms with Crippen molar-refractivity contribution in [3.05, 3.63) is 68.9 Å². The molecular formula is C17H17FN4O2. The predicted octanol–water partition coefficient (Wildman–Crippen LogP) is 2.60. The maximum Gasteiger partial charge on any atom is 0.365 e. The lowest BCUT2D eigenvalue weighted by Gasteiger charge is -2.14. The number of rotatable bonds is 4. The van der Waals surface area contributed by atoms with Crippen LogP contribution in [0.15, 0.2) is 35.1 Å². The molecule has 24 heavy (non-hydrogen) atoms. The van der Waals surface area contributed by atoms with E-state index in [0.717, 1.165) is 16.7 Å². The Balaban J connectivity index is 1.95. The second-order valence-electron chi connectivity index (χ2n) is 5.65. The van der Waals surface area contributed by atoms with E-state index in [4.69, 9.17) is 4.74 Å². The van der Waals surface area contributed by atoms with Crippen LogP contribution in [0.5, 0.6) is 5.75 Å². The van der Waals surface area contributed by atoms with Gasteiger partial charge in [-0.1, -0.05) is 12.1 Å². The average molecular weight is 328 g/mol. The fourth-order valence-corrected chi connectivity index (χ4v) is 2.54. The zero-order valence-electron chi connectivity index (χ0n) is 13.6. The molecule has 0 saturated heterocycles. The van der Waals surface area contributed by atoms with E-state index in [1.165, 1.54) is 10.7 Å². The summed E-state index contributed by atoms with van der Waals surface area (Å²) in [5.41, 5.74) is 3.30. The molecule has 2 aromatic carbocycles. The van der Waals surface area contributed by atoms with Crippen LogP contribution in [0.1, 0.15) is 22.3 Å². The van der Waals surface area contributed by atoms with E-state index in [1.54, 1.807) is 19.1 Å². The molecule has 3 rings (SSSR count). The summed E-state index contributed by atoms with van der Waals surface area (Å²) in [6, 6.07) is 8.62. The Kier molecular flexibility index (Phi) is 4.16.